The van der Waals surface area contributed by atoms with Crippen LogP contribution in [0.25, 0.3) is 0 Å². The molecule has 0 saturated carbocycles. The molecule has 68 valence electrons. The minimum atomic E-state index is -2.23. The van der Waals surface area contributed by atoms with E-state index in [1.165, 1.54) is 4.40 Å². The Morgan fingerprint density at radius 3 is 2.54 bits per heavy atom. The first-order valence-corrected chi connectivity index (χ1v) is 11.1. The van der Waals surface area contributed by atoms with Crippen LogP contribution in [-0.4, -0.2) is 12.3 Å². The molecule has 0 bridgehead atoms. The summed E-state index contributed by atoms with van der Waals surface area (Å²) in [6.07, 6.45) is 4.53. The monoisotopic (exact) mass is 254 g/mol. The van der Waals surface area contributed by atoms with Gasteiger partial charge in [-0.3, -0.25) is 0 Å². The zero-order valence-corrected chi connectivity index (χ0v) is 10.6. The normalized spacial score (nSPS) is 32.3. The third kappa shape index (κ3) is 1.58. The third-order valence-electron chi connectivity index (χ3n) is 2.82. The van der Waals surface area contributed by atoms with E-state index >= 15 is 0 Å². The van der Waals surface area contributed by atoms with Crippen molar-refractivity contribution in [3.05, 3.63) is 42.5 Å². The van der Waals surface area contributed by atoms with E-state index in [0.29, 0.717) is 4.75 Å². The van der Waals surface area contributed by atoms with E-state index in [0.717, 1.165) is 5.25 Å². The van der Waals surface area contributed by atoms with Crippen LogP contribution >= 0.6 is 10.0 Å². The Kier molecular flexibility index (Phi) is 2.52. The molecule has 0 aliphatic carbocycles. The molecule has 0 radical (unpaired) electrons. The summed E-state index contributed by atoms with van der Waals surface area (Å²) >= 11 is -2.23. The fourth-order valence-corrected chi connectivity index (χ4v) is 9.25. The van der Waals surface area contributed by atoms with Crippen LogP contribution in [0.3, 0.4) is 0 Å². The Hall–Kier alpha value is -0.207. The van der Waals surface area contributed by atoms with Gasteiger partial charge in [0.25, 0.3) is 0 Å². The Balaban J connectivity index is 2.36. The number of halogens is 1. The summed E-state index contributed by atoms with van der Waals surface area (Å²) < 4.78 is 2.03. The zero-order chi connectivity index (χ0) is 9.31. The van der Waals surface area contributed by atoms with Crippen LogP contribution in [0.2, 0.25) is 10.0 Å². The first-order valence-electron chi connectivity index (χ1n) is 4.64. The van der Waals surface area contributed by atoms with Crippen LogP contribution < -0.4 is 4.40 Å². The van der Waals surface area contributed by atoms with Gasteiger partial charge in [-0.2, -0.15) is 0 Å². The molecule has 2 rings (SSSR count). The van der Waals surface area contributed by atoms with E-state index in [4.69, 9.17) is 10.0 Å². The van der Waals surface area contributed by atoms with Gasteiger partial charge in [0.1, 0.15) is 0 Å². The van der Waals surface area contributed by atoms with E-state index in [1.54, 1.807) is 0 Å². The second-order valence-electron chi connectivity index (χ2n) is 3.65. The van der Waals surface area contributed by atoms with Crippen molar-refractivity contribution >= 4 is 26.7 Å². The summed E-state index contributed by atoms with van der Waals surface area (Å²) in [4.78, 5) is 0. The molecule has 1 aromatic carbocycles. The first kappa shape index (κ1) is 9.35. The van der Waals surface area contributed by atoms with Crippen molar-refractivity contribution in [3.63, 3.8) is 0 Å². The average molecular weight is 253 g/mol. The summed E-state index contributed by atoms with van der Waals surface area (Å²) in [5, 5.41) is 1.13. The predicted octanol–water partition coefficient (Wildman–Crippen LogP) is 3.04. The second kappa shape index (κ2) is 3.51. The SMILES string of the molecule is C[CH]1C=C[CH2][Ge]1([Cl])[c]1ccccc1. The second-order valence-corrected chi connectivity index (χ2v) is 14.8. The number of rotatable bonds is 1. The van der Waals surface area contributed by atoms with Crippen molar-refractivity contribution in [2.24, 2.45) is 0 Å². The van der Waals surface area contributed by atoms with Gasteiger partial charge in [-0.05, 0) is 0 Å². The maximum absolute atomic E-state index is 6.77. The summed E-state index contributed by atoms with van der Waals surface area (Å²) in [5.41, 5.74) is 0. The van der Waals surface area contributed by atoms with Crippen LogP contribution in [0.5, 0.6) is 0 Å². The van der Waals surface area contributed by atoms with Gasteiger partial charge in [-0.25, -0.2) is 0 Å². The topological polar surface area (TPSA) is 0 Å². The summed E-state index contributed by atoms with van der Waals surface area (Å²) in [7, 11) is 6.77. The van der Waals surface area contributed by atoms with Gasteiger partial charge < -0.3 is 0 Å². The molecular formula is C11H13ClGe. The average Bonchev–Trinajstić information content (AvgIpc) is 2.50. The third-order valence-corrected chi connectivity index (χ3v) is 14.4. The standard InChI is InChI=1S/C11H13ClGe/c1-10-6-5-9-13(10,12)11-7-3-2-4-8-11/h2-8,10H,9H2,1H3. The Labute approximate surface area is 86.2 Å². The molecule has 1 heterocycles. The van der Waals surface area contributed by atoms with Crippen LogP contribution in [-0.2, 0) is 0 Å². The molecule has 1 aromatic rings. The molecule has 0 aromatic heterocycles. The summed E-state index contributed by atoms with van der Waals surface area (Å²) in [6, 6.07) is 10.6. The molecular weight excluding hydrogens is 240 g/mol. The van der Waals surface area contributed by atoms with Crippen molar-refractivity contribution in [3.8, 4) is 0 Å². The fraction of sp³-hybridized carbons (Fsp3) is 0.273. The number of hydrogen-bond donors (Lipinski definition) is 0. The van der Waals surface area contributed by atoms with Crippen LogP contribution in [0.1, 0.15) is 6.92 Å². The molecule has 2 unspecified atom stereocenters. The van der Waals surface area contributed by atoms with E-state index in [-0.39, 0.29) is 0 Å². The summed E-state index contributed by atoms with van der Waals surface area (Å²) in [5.74, 6) is 0. The number of benzene rings is 1. The maximum atomic E-state index is 6.77. The van der Waals surface area contributed by atoms with E-state index in [2.05, 4.69) is 49.4 Å². The van der Waals surface area contributed by atoms with Crippen molar-refractivity contribution < 1.29 is 0 Å². The summed E-state index contributed by atoms with van der Waals surface area (Å²) in [6.45, 7) is 2.25. The van der Waals surface area contributed by atoms with Gasteiger partial charge in [-0.15, -0.1) is 0 Å². The molecule has 0 amide bonds. The van der Waals surface area contributed by atoms with Crippen molar-refractivity contribution in [1.82, 2.24) is 0 Å². The Morgan fingerprint density at radius 2 is 2.00 bits per heavy atom. The molecule has 2 atom stereocenters. The zero-order valence-electron chi connectivity index (χ0n) is 7.70. The van der Waals surface area contributed by atoms with Gasteiger partial charge >= 0.3 is 86.2 Å². The molecule has 0 fully saturated rings. The van der Waals surface area contributed by atoms with Crippen LogP contribution in [0.4, 0.5) is 0 Å². The molecule has 1 aliphatic heterocycles. The Morgan fingerprint density at radius 1 is 1.31 bits per heavy atom. The predicted molar refractivity (Wildman–Crippen MR) is 61.1 cm³/mol. The Bertz CT molecular complexity index is 320. The van der Waals surface area contributed by atoms with Gasteiger partial charge in [0.2, 0.25) is 0 Å². The van der Waals surface area contributed by atoms with E-state index < -0.39 is 12.3 Å². The quantitative estimate of drug-likeness (QED) is 0.533. The van der Waals surface area contributed by atoms with Gasteiger partial charge in [0.05, 0.1) is 0 Å². The first-order chi connectivity index (χ1) is 6.23. The molecule has 0 nitrogen and oxygen atoms in total. The number of allylic oxidation sites excluding steroid dienone is 2. The van der Waals surface area contributed by atoms with E-state index in [1.807, 2.05) is 0 Å². The van der Waals surface area contributed by atoms with Crippen molar-refractivity contribution in [1.29, 1.82) is 0 Å². The van der Waals surface area contributed by atoms with E-state index in [9.17, 15) is 0 Å². The van der Waals surface area contributed by atoms with Gasteiger partial charge in [0, 0.05) is 0 Å². The minimum absolute atomic E-state index is 0.615. The molecule has 2 heteroatoms. The molecule has 13 heavy (non-hydrogen) atoms. The molecule has 0 saturated heterocycles. The molecule has 0 N–H and O–H groups in total. The van der Waals surface area contributed by atoms with Crippen LogP contribution in [0.15, 0.2) is 42.5 Å². The fourth-order valence-electron chi connectivity index (χ4n) is 1.88. The van der Waals surface area contributed by atoms with Crippen LogP contribution in [0, 0.1) is 0 Å². The molecule has 0 spiro atoms. The number of hydrogen-bond acceptors (Lipinski definition) is 0. The van der Waals surface area contributed by atoms with Crippen molar-refractivity contribution in [2.75, 3.05) is 0 Å². The molecule has 1 aliphatic rings. The van der Waals surface area contributed by atoms with Gasteiger partial charge in [-0.1, -0.05) is 0 Å². The van der Waals surface area contributed by atoms with Crippen molar-refractivity contribution in [2.45, 2.75) is 16.9 Å². The van der Waals surface area contributed by atoms with Gasteiger partial charge in [0.15, 0.2) is 0 Å².